The molecule has 146 valence electrons. The van der Waals surface area contributed by atoms with Crippen molar-refractivity contribution in [1.29, 1.82) is 0 Å². The van der Waals surface area contributed by atoms with E-state index in [4.69, 9.17) is 5.73 Å². The van der Waals surface area contributed by atoms with Crippen LogP contribution in [0.3, 0.4) is 0 Å². The number of nitrogens with one attached hydrogen (secondary N) is 1. The number of halogens is 1. The van der Waals surface area contributed by atoms with Crippen LogP contribution in [0.25, 0.3) is 11.2 Å². The Bertz CT molecular complexity index is 1070. The number of nitrogens with two attached hydrogens (primary N) is 1. The van der Waals surface area contributed by atoms with Crippen molar-refractivity contribution in [2.24, 2.45) is 0 Å². The topological polar surface area (TPSA) is 98.7 Å². The van der Waals surface area contributed by atoms with E-state index in [1.807, 2.05) is 4.57 Å². The van der Waals surface area contributed by atoms with Crippen molar-refractivity contribution in [3.05, 3.63) is 46.3 Å². The van der Waals surface area contributed by atoms with Gasteiger partial charge in [-0.2, -0.15) is 14.4 Å². The number of imidazole rings is 1. The predicted octanol–water partition coefficient (Wildman–Crippen LogP) is 2.07. The van der Waals surface area contributed by atoms with Crippen molar-refractivity contribution in [3.8, 4) is 0 Å². The molecular weight excluding hydrogens is 359 g/mol. The Morgan fingerprint density at radius 3 is 2.75 bits per heavy atom. The zero-order valence-corrected chi connectivity index (χ0v) is 16.0. The van der Waals surface area contributed by atoms with E-state index in [1.165, 1.54) is 35.6 Å². The minimum atomic E-state index is -0.883. The van der Waals surface area contributed by atoms with Gasteiger partial charge in [-0.25, -0.2) is 4.98 Å². The third kappa shape index (κ3) is 3.42. The summed E-state index contributed by atoms with van der Waals surface area (Å²) in [7, 11) is 0. The molecule has 1 aromatic carbocycles. The van der Waals surface area contributed by atoms with E-state index in [1.54, 1.807) is 0 Å². The first kappa shape index (κ1) is 18.3. The molecule has 1 amide bonds. The van der Waals surface area contributed by atoms with Gasteiger partial charge < -0.3 is 15.6 Å². The number of anilines is 1. The van der Waals surface area contributed by atoms with Gasteiger partial charge in [-0.1, -0.05) is 12.1 Å². The Morgan fingerprint density at radius 2 is 2.00 bits per heavy atom. The molecule has 2 heterocycles. The number of nitrogen functional groups attached to an aromatic ring is 1. The Balaban J connectivity index is 1.75. The zero-order valence-electron chi connectivity index (χ0n) is 16.0. The van der Waals surface area contributed by atoms with Crippen LogP contribution >= 0.6 is 0 Å². The molecule has 4 rings (SSSR count). The van der Waals surface area contributed by atoms with Crippen LogP contribution in [-0.2, 0) is 30.6 Å². The van der Waals surface area contributed by atoms with Crippen LogP contribution in [0.1, 0.15) is 41.4 Å². The van der Waals surface area contributed by atoms with E-state index < -0.39 is 6.08 Å². The van der Waals surface area contributed by atoms with Crippen LogP contribution in [0.15, 0.2) is 12.1 Å². The van der Waals surface area contributed by atoms with Gasteiger partial charge >= 0.3 is 6.08 Å². The largest absolute Gasteiger partial charge is 0.382 e. The van der Waals surface area contributed by atoms with Gasteiger partial charge in [0.05, 0.1) is 0 Å². The number of rotatable bonds is 5. The Labute approximate surface area is 162 Å². The summed E-state index contributed by atoms with van der Waals surface area (Å²) in [6.07, 6.45) is 3.13. The average molecular weight is 382 g/mol. The molecule has 1 aliphatic carbocycles. The molecule has 3 N–H and O–H groups in total. The summed E-state index contributed by atoms with van der Waals surface area (Å²) in [5.74, 6) is 0.626. The third-order valence-electron chi connectivity index (χ3n) is 5.28. The van der Waals surface area contributed by atoms with E-state index in [9.17, 15) is 9.18 Å². The van der Waals surface area contributed by atoms with Crippen LogP contribution in [0.2, 0.25) is 0 Å². The number of carbonyl (C=O) groups excluding carboxylic acids is 1. The number of benzene rings is 1. The lowest BCUT2D eigenvalue weighted by Crippen LogP contribution is -2.25. The number of aryl methyl sites for hydroxylation is 3. The summed E-state index contributed by atoms with van der Waals surface area (Å²) in [5.41, 5.74) is 11.8. The molecular formula is C20H23FN6O. The molecule has 28 heavy (non-hydrogen) atoms. The molecule has 0 saturated heterocycles. The summed E-state index contributed by atoms with van der Waals surface area (Å²) in [5, 5.41) is 2.76. The van der Waals surface area contributed by atoms with Crippen LogP contribution in [0.5, 0.6) is 0 Å². The molecule has 7 nitrogen and oxygen atoms in total. The SMILES string of the molecule is CC(=O)NCCn1c(Cc2cc3c(cc2C)CCC3)nc2c(N)nc(F)nc21. The third-order valence-corrected chi connectivity index (χ3v) is 5.28. The number of fused-ring (bicyclic) bond motifs is 2. The summed E-state index contributed by atoms with van der Waals surface area (Å²) in [4.78, 5) is 23.3. The second-order valence-electron chi connectivity index (χ2n) is 7.29. The molecule has 0 atom stereocenters. The molecule has 2 aromatic heterocycles. The van der Waals surface area contributed by atoms with Gasteiger partial charge in [0.1, 0.15) is 5.82 Å². The minimum absolute atomic E-state index is 0.0210. The first-order valence-corrected chi connectivity index (χ1v) is 9.46. The summed E-state index contributed by atoms with van der Waals surface area (Å²) in [6.45, 7) is 4.38. The van der Waals surface area contributed by atoms with E-state index in [0.29, 0.717) is 30.7 Å². The second-order valence-corrected chi connectivity index (χ2v) is 7.29. The summed E-state index contributed by atoms with van der Waals surface area (Å²) < 4.78 is 15.6. The van der Waals surface area contributed by atoms with Crippen molar-refractivity contribution < 1.29 is 9.18 Å². The van der Waals surface area contributed by atoms with Crippen molar-refractivity contribution in [3.63, 3.8) is 0 Å². The van der Waals surface area contributed by atoms with Gasteiger partial charge in [-0.05, 0) is 48.4 Å². The van der Waals surface area contributed by atoms with Gasteiger partial charge in [0.15, 0.2) is 17.0 Å². The Kier molecular flexibility index (Phi) is 4.70. The highest BCUT2D eigenvalue weighted by atomic mass is 19.1. The molecule has 0 aliphatic heterocycles. The molecule has 8 heteroatoms. The molecule has 0 bridgehead atoms. The highest BCUT2D eigenvalue weighted by Crippen LogP contribution is 2.28. The van der Waals surface area contributed by atoms with Crippen LogP contribution < -0.4 is 11.1 Å². The average Bonchev–Trinajstić information content (AvgIpc) is 3.20. The normalized spacial score (nSPS) is 13.1. The monoisotopic (exact) mass is 382 g/mol. The van der Waals surface area contributed by atoms with Crippen LogP contribution in [0, 0.1) is 13.0 Å². The van der Waals surface area contributed by atoms with Gasteiger partial charge in [0, 0.05) is 26.4 Å². The number of aromatic nitrogens is 4. The van der Waals surface area contributed by atoms with E-state index in [2.05, 4.69) is 39.3 Å². The maximum Gasteiger partial charge on any atom is 0.312 e. The van der Waals surface area contributed by atoms with Gasteiger partial charge in [0.25, 0.3) is 0 Å². The number of hydrogen-bond donors (Lipinski definition) is 2. The summed E-state index contributed by atoms with van der Waals surface area (Å²) in [6, 6.07) is 4.51. The minimum Gasteiger partial charge on any atom is -0.382 e. The Morgan fingerprint density at radius 1 is 1.25 bits per heavy atom. The molecule has 0 saturated carbocycles. The molecule has 3 aromatic rings. The van der Waals surface area contributed by atoms with E-state index >= 15 is 0 Å². The number of carbonyl (C=O) groups is 1. The standard InChI is InChI=1S/C20H23FN6O/c1-11-8-13-4-3-5-14(13)9-15(11)10-16-24-17-18(22)25-20(21)26-19(17)27(16)7-6-23-12(2)28/h8-9H,3-7,10H2,1-2H3,(H,23,28)(H2,22,25,26). The second kappa shape index (κ2) is 7.18. The van der Waals surface area contributed by atoms with Crippen LogP contribution in [-0.4, -0.2) is 32.0 Å². The van der Waals surface area contributed by atoms with Crippen molar-refractivity contribution in [1.82, 2.24) is 24.8 Å². The quantitative estimate of drug-likeness (QED) is 0.658. The van der Waals surface area contributed by atoms with Crippen molar-refractivity contribution >= 4 is 22.9 Å². The van der Waals surface area contributed by atoms with E-state index in [-0.39, 0.29) is 11.7 Å². The number of hydrogen-bond acceptors (Lipinski definition) is 5. The molecule has 0 fully saturated rings. The van der Waals surface area contributed by atoms with E-state index in [0.717, 1.165) is 18.7 Å². The molecule has 0 unspecified atom stereocenters. The highest BCUT2D eigenvalue weighted by molar-refractivity contribution is 5.82. The van der Waals surface area contributed by atoms with Gasteiger partial charge in [0.2, 0.25) is 5.91 Å². The maximum absolute atomic E-state index is 13.8. The first-order valence-electron chi connectivity index (χ1n) is 9.46. The molecule has 0 spiro atoms. The van der Waals surface area contributed by atoms with Gasteiger partial charge in [-0.3, -0.25) is 4.79 Å². The summed E-state index contributed by atoms with van der Waals surface area (Å²) >= 11 is 0. The van der Waals surface area contributed by atoms with Crippen LogP contribution in [0.4, 0.5) is 10.2 Å². The fourth-order valence-corrected chi connectivity index (χ4v) is 3.91. The molecule has 1 aliphatic rings. The van der Waals surface area contributed by atoms with Crippen molar-refractivity contribution in [2.45, 2.75) is 46.1 Å². The van der Waals surface area contributed by atoms with Gasteiger partial charge in [-0.15, -0.1) is 0 Å². The smallest absolute Gasteiger partial charge is 0.312 e. The first-order chi connectivity index (χ1) is 13.4. The lowest BCUT2D eigenvalue weighted by molar-refractivity contribution is -0.118. The predicted molar refractivity (Wildman–Crippen MR) is 104 cm³/mol. The Hall–Kier alpha value is -3.03. The lowest BCUT2D eigenvalue weighted by Gasteiger charge is -2.12. The fraction of sp³-hybridized carbons (Fsp3) is 0.400. The maximum atomic E-state index is 13.8. The fourth-order valence-electron chi connectivity index (χ4n) is 3.91. The van der Waals surface area contributed by atoms with Crippen molar-refractivity contribution in [2.75, 3.05) is 12.3 Å². The number of nitrogens with zero attached hydrogens (tertiary/aromatic N) is 4. The zero-order chi connectivity index (χ0) is 19.8. The number of amides is 1. The molecule has 0 radical (unpaired) electrons. The highest BCUT2D eigenvalue weighted by Gasteiger charge is 2.19. The lowest BCUT2D eigenvalue weighted by atomic mass is 9.98.